The number of hydrogen-bond donors (Lipinski definition) is 1. The molecule has 1 heterocycles. The number of halogens is 1. The van der Waals surface area contributed by atoms with E-state index in [0.29, 0.717) is 22.2 Å². The zero-order valence-corrected chi connectivity index (χ0v) is 20.8. The van der Waals surface area contributed by atoms with Gasteiger partial charge in [-0.25, -0.2) is 0 Å². The molecular formula is C31H25ClN2O2. The van der Waals surface area contributed by atoms with Crippen molar-refractivity contribution in [2.75, 3.05) is 0 Å². The van der Waals surface area contributed by atoms with Gasteiger partial charge in [0.05, 0.1) is 16.1 Å². The molecular weight excluding hydrogens is 468 g/mol. The van der Waals surface area contributed by atoms with Crippen molar-refractivity contribution < 1.29 is 9.53 Å². The number of nitrogens with one attached hydrogen (secondary N) is 1. The van der Waals surface area contributed by atoms with E-state index in [2.05, 4.69) is 22.5 Å². The molecule has 5 heteroatoms. The number of imidazole rings is 1. The molecule has 1 atom stereocenters. The number of fused-ring (bicyclic) bond motifs is 1. The Hall–Kier alpha value is -4.33. The smallest absolute Gasteiger partial charge is 0.295 e. The largest absolute Gasteiger partial charge is 0.449 e. The van der Waals surface area contributed by atoms with Gasteiger partial charge in [-0.05, 0) is 48.3 Å². The van der Waals surface area contributed by atoms with E-state index < -0.39 is 6.10 Å². The summed E-state index contributed by atoms with van der Waals surface area (Å²) in [6, 6.07) is 21.3. The molecule has 0 aliphatic heterocycles. The summed E-state index contributed by atoms with van der Waals surface area (Å²) in [7, 11) is 0. The third kappa shape index (κ3) is 5.49. The molecule has 0 bridgehead atoms. The summed E-state index contributed by atoms with van der Waals surface area (Å²) in [5.41, 5.74) is 6.49. The first-order chi connectivity index (χ1) is 17.4. The summed E-state index contributed by atoms with van der Waals surface area (Å²) >= 11 is 6.59. The zero-order chi connectivity index (χ0) is 25.7. The number of terminal acetylenes is 1. The molecule has 4 aromatic rings. The van der Waals surface area contributed by atoms with Crippen LogP contribution in [0.25, 0.3) is 27.7 Å². The highest BCUT2D eigenvalue weighted by atomic mass is 35.5. The van der Waals surface area contributed by atoms with Crippen LogP contribution in [-0.2, 0) is 0 Å². The first-order valence-corrected chi connectivity index (χ1v) is 11.8. The second kappa shape index (κ2) is 10.9. The minimum atomic E-state index is -0.393. The van der Waals surface area contributed by atoms with Crippen LogP contribution in [0, 0.1) is 12.3 Å². The van der Waals surface area contributed by atoms with Crippen molar-refractivity contribution in [2.24, 2.45) is 0 Å². The van der Waals surface area contributed by atoms with Crippen LogP contribution < -0.4 is 4.74 Å². The van der Waals surface area contributed by atoms with Gasteiger partial charge in [0.1, 0.15) is 0 Å². The average molecular weight is 493 g/mol. The molecule has 1 N–H and O–H groups in total. The number of rotatable bonds is 8. The van der Waals surface area contributed by atoms with E-state index in [1.807, 2.05) is 85.8 Å². The fourth-order valence-electron chi connectivity index (χ4n) is 3.72. The van der Waals surface area contributed by atoms with E-state index in [0.717, 1.165) is 33.3 Å². The molecule has 1 aromatic heterocycles. The number of carbonyl (C=O) groups excluding carboxylic acids is 1. The number of benzene rings is 3. The lowest BCUT2D eigenvalue weighted by Gasteiger charge is -2.07. The van der Waals surface area contributed by atoms with Crippen molar-refractivity contribution in [1.29, 1.82) is 0 Å². The third-order valence-corrected chi connectivity index (χ3v) is 6.04. The number of carbonyl (C=O) groups is 1. The molecule has 0 amide bonds. The van der Waals surface area contributed by atoms with Crippen LogP contribution in [-0.4, -0.2) is 21.9 Å². The lowest BCUT2D eigenvalue weighted by atomic mass is 9.99. The molecule has 36 heavy (non-hydrogen) atoms. The van der Waals surface area contributed by atoms with Crippen LogP contribution >= 0.6 is 11.6 Å². The fourth-order valence-corrected chi connectivity index (χ4v) is 3.99. The maximum absolute atomic E-state index is 12.6. The maximum Gasteiger partial charge on any atom is 0.295 e. The summed E-state index contributed by atoms with van der Waals surface area (Å²) in [6.45, 7) is 7.52. The molecule has 3 aromatic carbocycles. The summed E-state index contributed by atoms with van der Waals surface area (Å²) in [6.07, 6.45) is 10.5. The van der Waals surface area contributed by atoms with Crippen molar-refractivity contribution in [3.05, 3.63) is 113 Å². The predicted molar refractivity (Wildman–Crippen MR) is 148 cm³/mol. The molecule has 4 rings (SSSR count). The molecule has 0 saturated heterocycles. The minimum absolute atomic E-state index is 0.00341. The van der Waals surface area contributed by atoms with Crippen molar-refractivity contribution >= 4 is 34.0 Å². The Labute approximate surface area is 216 Å². The summed E-state index contributed by atoms with van der Waals surface area (Å²) in [4.78, 5) is 20.2. The van der Waals surface area contributed by atoms with Crippen molar-refractivity contribution in [3.63, 3.8) is 0 Å². The van der Waals surface area contributed by atoms with Crippen LogP contribution in [0.15, 0.2) is 97.1 Å². The second-order valence-electron chi connectivity index (χ2n) is 8.27. The first-order valence-electron chi connectivity index (χ1n) is 11.4. The van der Waals surface area contributed by atoms with E-state index in [9.17, 15) is 4.79 Å². The number of H-pyrrole nitrogens is 1. The normalized spacial score (nSPS) is 12.7. The maximum atomic E-state index is 12.6. The Balaban J connectivity index is 1.58. The van der Waals surface area contributed by atoms with Gasteiger partial charge in [-0.15, -0.1) is 6.42 Å². The fraction of sp³-hybridized carbons (Fsp3) is 0.0968. The molecule has 1 unspecified atom stereocenters. The molecule has 0 fully saturated rings. The third-order valence-electron chi connectivity index (χ3n) is 5.73. The summed E-state index contributed by atoms with van der Waals surface area (Å²) < 4.78 is 5.58. The van der Waals surface area contributed by atoms with Gasteiger partial charge in [-0.1, -0.05) is 96.9 Å². The minimum Gasteiger partial charge on any atom is -0.449 e. The highest BCUT2D eigenvalue weighted by Crippen LogP contribution is 2.33. The van der Waals surface area contributed by atoms with Gasteiger partial charge >= 0.3 is 0 Å². The van der Waals surface area contributed by atoms with Gasteiger partial charge < -0.3 is 9.72 Å². The Morgan fingerprint density at radius 1 is 1.11 bits per heavy atom. The highest BCUT2D eigenvalue weighted by Gasteiger charge is 2.12. The summed E-state index contributed by atoms with van der Waals surface area (Å²) in [5.74, 6) is 2.51. The number of nitrogens with zero attached hydrogens (tertiary/aromatic N) is 1. The number of aromatic amines is 1. The molecule has 0 spiro atoms. The molecule has 4 nitrogen and oxygen atoms in total. The van der Waals surface area contributed by atoms with Crippen molar-refractivity contribution in [2.45, 2.75) is 20.0 Å². The molecule has 0 radical (unpaired) electrons. The Morgan fingerprint density at radius 2 is 1.83 bits per heavy atom. The van der Waals surface area contributed by atoms with Crippen LogP contribution in [0.4, 0.5) is 0 Å². The van der Waals surface area contributed by atoms with Gasteiger partial charge in [0.2, 0.25) is 0 Å². The van der Waals surface area contributed by atoms with Crippen LogP contribution in [0.5, 0.6) is 6.01 Å². The quantitative estimate of drug-likeness (QED) is 0.119. The lowest BCUT2D eigenvalue weighted by Crippen LogP contribution is -2.08. The van der Waals surface area contributed by atoms with Gasteiger partial charge in [-0.3, -0.25) is 4.79 Å². The van der Waals surface area contributed by atoms with E-state index in [4.69, 9.17) is 22.8 Å². The zero-order valence-electron chi connectivity index (χ0n) is 20.1. The van der Waals surface area contributed by atoms with Crippen molar-refractivity contribution in [1.82, 2.24) is 9.97 Å². The predicted octanol–water partition coefficient (Wildman–Crippen LogP) is 7.68. The topological polar surface area (TPSA) is 55.0 Å². The average Bonchev–Trinajstić information content (AvgIpc) is 3.29. The van der Waals surface area contributed by atoms with Gasteiger partial charge in [0.25, 0.3) is 6.01 Å². The number of ether oxygens (including phenoxy) is 1. The Bertz CT molecular complexity index is 1520. The standard InChI is InChI=1S/C31H25ClN2O2/c1-5-21(4)36-31-33-28-18-26(27(32)19-29(28)34-31)24-16-14-23(15-17-24)22(6-2)13-12-20(3)30(35)25-10-8-7-9-11-25/h1,6-19,21H,2H2,3-4H3,(H,33,34)/b20-12+,22-13+. The SMILES string of the molecule is C#CC(C)Oc1nc2cc(-c3ccc(/C(C=C)=C/C=C(\C)C(=O)c4ccccc4)cc3)c(Cl)cc2[nH]1. The van der Waals surface area contributed by atoms with Gasteiger partial charge in [0, 0.05) is 11.1 Å². The van der Waals surface area contributed by atoms with E-state index >= 15 is 0 Å². The van der Waals surface area contributed by atoms with Crippen LogP contribution in [0.3, 0.4) is 0 Å². The van der Waals surface area contributed by atoms with E-state index in [1.54, 1.807) is 13.0 Å². The number of ketones is 1. The lowest BCUT2D eigenvalue weighted by molar-refractivity contribution is 0.103. The summed E-state index contributed by atoms with van der Waals surface area (Å²) in [5, 5.41) is 0.591. The van der Waals surface area contributed by atoms with Crippen LogP contribution in [0.1, 0.15) is 29.8 Å². The number of aromatic nitrogens is 2. The Morgan fingerprint density at radius 3 is 2.50 bits per heavy atom. The monoisotopic (exact) mass is 492 g/mol. The van der Waals surface area contributed by atoms with Gasteiger partial charge in [-0.2, -0.15) is 4.98 Å². The molecule has 0 saturated carbocycles. The van der Waals surface area contributed by atoms with E-state index in [1.165, 1.54) is 0 Å². The highest BCUT2D eigenvalue weighted by molar-refractivity contribution is 6.34. The number of allylic oxidation sites excluding steroid dienone is 5. The number of hydrogen-bond acceptors (Lipinski definition) is 3. The Kier molecular flexibility index (Phi) is 7.53. The molecule has 178 valence electrons. The van der Waals surface area contributed by atoms with Crippen molar-refractivity contribution in [3.8, 4) is 29.5 Å². The number of Topliss-reactive ketones (excluding diaryl/α,β-unsaturated/α-hetero) is 1. The second-order valence-corrected chi connectivity index (χ2v) is 8.67. The van der Waals surface area contributed by atoms with E-state index in [-0.39, 0.29) is 5.78 Å². The first kappa shape index (κ1) is 24.8. The molecule has 0 aliphatic rings. The van der Waals surface area contributed by atoms with Gasteiger partial charge in [0.15, 0.2) is 11.9 Å². The molecule has 0 aliphatic carbocycles. The van der Waals surface area contributed by atoms with Crippen LogP contribution in [0.2, 0.25) is 5.02 Å².